The third-order valence-corrected chi connectivity index (χ3v) is 5.12. The summed E-state index contributed by atoms with van der Waals surface area (Å²) in [4.78, 5) is 37.0. The minimum Gasteiger partial charge on any atom is -0.368 e. The van der Waals surface area contributed by atoms with Gasteiger partial charge in [0, 0.05) is 59.0 Å². The van der Waals surface area contributed by atoms with E-state index in [2.05, 4.69) is 25.5 Å². The first-order valence-corrected chi connectivity index (χ1v) is 10.2. The Labute approximate surface area is 171 Å². The summed E-state index contributed by atoms with van der Waals surface area (Å²) in [6.07, 6.45) is 3.55. The smallest absolute Gasteiger partial charge is 0.251 e. The fourth-order valence-electron chi connectivity index (χ4n) is 3.48. The summed E-state index contributed by atoms with van der Waals surface area (Å²) < 4.78 is 5.50. The maximum absolute atomic E-state index is 12.4. The van der Waals surface area contributed by atoms with E-state index in [4.69, 9.17) is 4.74 Å². The maximum atomic E-state index is 12.4. The van der Waals surface area contributed by atoms with Crippen LogP contribution in [-0.4, -0.2) is 85.0 Å². The van der Waals surface area contributed by atoms with Gasteiger partial charge in [0.2, 0.25) is 5.91 Å². The summed E-state index contributed by atoms with van der Waals surface area (Å²) in [5, 5.41) is 6.02. The largest absolute Gasteiger partial charge is 0.368 e. The lowest BCUT2D eigenvalue weighted by Gasteiger charge is -2.37. The van der Waals surface area contributed by atoms with Crippen LogP contribution in [0.4, 0.5) is 5.82 Å². The van der Waals surface area contributed by atoms with E-state index in [0.29, 0.717) is 51.6 Å². The van der Waals surface area contributed by atoms with Crippen LogP contribution in [0, 0.1) is 6.92 Å². The molecule has 2 aliphatic rings. The van der Waals surface area contributed by atoms with Gasteiger partial charge in [0.05, 0.1) is 0 Å². The number of rotatable bonds is 5. The summed E-state index contributed by atoms with van der Waals surface area (Å²) in [5.41, 5.74) is 1.05. The molecule has 2 fully saturated rings. The predicted octanol–water partition coefficient (Wildman–Crippen LogP) is 0.617. The summed E-state index contributed by atoms with van der Waals surface area (Å²) in [5.74, 6) is 1.30. The van der Waals surface area contributed by atoms with Gasteiger partial charge in [-0.05, 0) is 31.4 Å². The number of pyridine rings is 1. The Hall–Kier alpha value is -2.68. The van der Waals surface area contributed by atoms with Gasteiger partial charge < -0.3 is 25.2 Å². The molecule has 1 aromatic rings. The molecule has 158 valence electrons. The number of aromatic nitrogens is 1. The summed E-state index contributed by atoms with van der Waals surface area (Å²) in [6.45, 7) is 5.82. The molecule has 3 heterocycles. The predicted molar refractivity (Wildman–Crippen MR) is 111 cm³/mol. The van der Waals surface area contributed by atoms with Gasteiger partial charge in [-0.25, -0.2) is 4.98 Å². The molecule has 1 atom stereocenters. The molecular weight excluding hydrogens is 372 g/mol. The second kappa shape index (κ2) is 10.2. The zero-order valence-corrected chi connectivity index (χ0v) is 17.2. The molecule has 0 bridgehead atoms. The van der Waals surface area contributed by atoms with Crippen LogP contribution >= 0.6 is 0 Å². The SMILES string of the molecule is CN=C(NCCC(=O)Nc1ccc(C)cn1)N1CCN(C(=O)C2CCCO2)CC1. The van der Waals surface area contributed by atoms with E-state index in [1.54, 1.807) is 19.3 Å². The van der Waals surface area contributed by atoms with Gasteiger partial charge in [-0.2, -0.15) is 0 Å². The number of nitrogens with one attached hydrogen (secondary N) is 2. The number of aryl methyl sites for hydroxylation is 1. The van der Waals surface area contributed by atoms with Gasteiger partial charge in [-0.15, -0.1) is 0 Å². The zero-order chi connectivity index (χ0) is 20.6. The first kappa shape index (κ1) is 21.0. The van der Waals surface area contributed by atoms with Crippen LogP contribution in [0.5, 0.6) is 0 Å². The number of hydrogen-bond donors (Lipinski definition) is 2. The number of aliphatic imine (C=N–C) groups is 1. The highest BCUT2D eigenvalue weighted by atomic mass is 16.5. The molecule has 0 spiro atoms. The van der Waals surface area contributed by atoms with Gasteiger partial charge in [-0.3, -0.25) is 14.6 Å². The summed E-state index contributed by atoms with van der Waals surface area (Å²) in [7, 11) is 1.72. The van der Waals surface area contributed by atoms with Gasteiger partial charge >= 0.3 is 0 Å². The van der Waals surface area contributed by atoms with E-state index in [0.717, 1.165) is 24.4 Å². The molecule has 2 amide bonds. The number of guanidine groups is 1. The van der Waals surface area contributed by atoms with Crippen LogP contribution in [0.1, 0.15) is 24.8 Å². The van der Waals surface area contributed by atoms with Crippen LogP contribution in [-0.2, 0) is 14.3 Å². The van der Waals surface area contributed by atoms with Crippen molar-refractivity contribution in [3.8, 4) is 0 Å². The number of carbonyl (C=O) groups is 2. The molecule has 0 aromatic carbocycles. The average Bonchev–Trinajstić information content (AvgIpc) is 3.27. The highest BCUT2D eigenvalue weighted by Crippen LogP contribution is 2.16. The minimum absolute atomic E-state index is 0.101. The Morgan fingerprint density at radius 1 is 1.24 bits per heavy atom. The molecular formula is C20H30N6O3. The van der Waals surface area contributed by atoms with Crippen LogP contribution in [0.3, 0.4) is 0 Å². The van der Waals surface area contributed by atoms with Crippen LogP contribution in [0.25, 0.3) is 0 Å². The van der Waals surface area contributed by atoms with Gasteiger partial charge in [0.25, 0.3) is 5.91 Å². The number of carbonyl (C=O) groups excluding carboxylic acids is 2. The Kier molecular flexibility index (Phi) is 7.40. The maximum Gasteiger partial charge on any atom is 0.251 e. The highest BCUT2D eigenvalue weighted by Gasteiger charge is 2.30. The van der Waals surface area contributed by atoms with Crippen molar-refractivity contribution in [3.63, 3.8) is 0 Å². The number of amides is 2. The van der Waals surface area contributed by atoms with Crippen molar-refractivity contribution in [1.29, 1.82) is 0 Å². The lowest BCUT2D eigenvalue weighted by molar-refractivity contribution is -0.142. The molecule has 9 heteroatoms. The van der Waals surface area contributed by atoms with Crippen molar-refractivity contribution in [2.45, 2.75) is 32.3 Å². The number of piperazine rings is 1. The van der Waals surface area contributed by atoms with Gasteiger partial charge in [0.15, 0.2) is 5.96 Å². The average molecular weight is 402 g/mol. The summed E-state index contributed by atoms with van der Waals surface area (Å²) in [6, 6.07) is 3.70. The second-order valence-electron chi connectivity index (χ2n) is 7.31. The Morgan fingerprint density at radius 3 is 2.62 bits per heavy atom. The quantitative estimate of drug-likeness (QED) is 0.553. The topological polar surface area (TPSA) is 99.2 Å². The Balaban J connectivity index is 1.38. The fraction of sp³-hybridized carbons (Fsp3) is 0.600. The van der Waals surface area contributed by atoms with Gasteiger partial charge in [-0.1, -0.05) is 6.07 Å². The normalized spacial score (nSPS) is 19.9. The molecule has 29 heavy (non-hydrogen) atoms. The molecule has 2 aliphatic heterocycles. The molecule has 3 rings (SSSR count). The first-order chi connectivity index (χ1) is 14.1. The standard InChI is InChI=1S/C20H30N6O3/c1-15-5-6-17(23-14-15)24-18(27)7-8-22-20(21-2)26-11-9-25(10-12-26)19(28)16-4-3-13-29-16/h5-6,14,16H,3-4,7-13H2,1-2H3,(H,21,22)(H,23,24,27). The third kappa shape index (κ3) is 5.90. The van der Waals surface area contributed by atoms with E-state index in [1.165, 1.54) is 0 Å². The van der Waals surface area contributed by atoms with Crippen LogP contribution in [0.15, 0.2) is 23.3 Å². The van der Waals surface area contributed by atoms with Crippen LogP contribution in [0.2, 0.25) is 0 Å². The van der Waals surface area contributed by atoms with E-state index < -0.39 is 0 Å². The van der Waals surface area contributed by atoms with Crippen LogP contribution < -0.4 is 10.6 Å². The van der Waals surface area contributed by atoms with Crippen molar-refractivity contribution in [2.24, 2.45) is 4.99 Å². The lowest BCUT2D eigenvalue weighted by atomic mass is 10.2. The van der Waals surface area contributed by atoms with Crippen molar-refractivity contribution < 1.29 is 14.3 Å². The van der Waals surface area contributed by atoms with E-state index in [9.17, 15) is 9.59 Å². The number of anilines is 1. The Morgan fingerprint density at radius 2 is 2.00 bits per heavy atom. The number of nitrogens with zero attached hydrogens (tertiary/aromatic N) is 4. The molecule has 1 unspecified atom stereocenters. The van der Waals surface area contributed by atoms with E-state index in [-0.39, 0.29) is 17.9 Å². The zero-order valence-electron chi connectivity index (χ0n) is 17.2. The number of ether oxygens (including phenoxy) is 1. The van der Waals surface area contributed by atoms with Gasteiger partial charge in [0.1, 0.15) is 11.9 Å². The van der Waals surface area contributed by atoms with E-state index >= 15 is 0 Å². The summed E-state index contributed by atoms with van der Waals surface area (Å²) >= 11 is 0. The Bertz CT molecular complexity index is 722. The third-order valence-electron chi connectivity index (χ3n) is 5.12. The molecule has 1 aromatic heterocycles. The second-order valence-corrected chi connectivity index (χ2v) is 7.31. The molecule has 9 nitrogen and oxygen atoms in total. The van der Waals surface area contributed by atoms with Crippen molar-refractivity contribution in [2.75, 3.05) is 51.7 Å². The minimum atomic E-state index is -0.263. The monoisotopic (exact) mass is 402 g/mol. The molecule has 0 aliphatic carbocycles. The molecule has 2 N–H and O–H groups in total. The molecule has 0 radical (unpaired) electrons. The lowest BCUT2D eigenvalue weighted by Crippen LogP contribution is -2.55. The first-order valence-electron chi connectivity index (χ1n) is 10.2. The van der Waals surface area contributed by atoms with E-state index in [1.807, 2.05) is 17.9 Å². The van der Waals surface area contributed by atoms with Crippen molar-refractivity contribution in [3.05, 3.63) is 23.9 Å². The fourth-order valence-corrected chi connectivity index (χ4v) is 3.48. The van der Waals surface area contributed by atoms with Crippen molar-refractivity contribution in [1.82, 2.24) is 20.1 Å². The molecule has 0 saturated carbocycles. The molecule has 2 saturated heterocycles. The number of hydrogen-bond acceptors (Lipinski definition) is 5. The highest BCUT2D eigenvalue weighted by molar-refractivity contribution is 5.90. The van der Waals surface area contributed by atoms with Crippen molar-refractivity contribution >= 4 is 23.6 Å².